The number of carbonyl (C=O) groups is 2. The Morgan fingerprint density at radius 3 is 2.64 bits per heavy atom. The second-order valence-electron chi connectivity index (χ2n) is 9.42. The van der Waals surface area contributed by atoms with E-state index in [9.17, 15) is 31.2 Å². The summed E-state index contributed by atoms with van der Waals surface area (Å²) in [5.74, 6) is -1.12. The van der Waals surface area contributed by atoms with E-state index >= 15 is 0 Å². The first-order valence-corrected chi connectivity index (χ1v) is 13.9. The number of benzene rings is 2. The highest BCUT2D eigenvalue weighted by Crippen LogP contribution is 2.45. The van der Waals surface area contributed by atoms with E-state index in [-0.39, 0.29) is 40.0 Å². The standard InChI is InChI=1S/C27H23F3N6O5S/c1-15(37)32-11-16-3-6-23(41-2)24(9-16)42(39,40)35-21-13-31-8-7-18(21)17-4-5-19-22(10-17)36(14-27(28,29)30)26(38)20-12-33-34-25(19)20/h3-10,12-13,25,35H,11,14H2,1-2H3,(H,32,37). The van der Waals surface area contributed by atoms with Crippen LogP contribution in [0, 0.1) is 0 Å². The maximum absolute atomic E-state index is 13.6. The Kier molecular flexibility index (Phi) is 7.45. The summed E-state index contributed by atoms with van der Waals surface area (Å²) >= 11 is 0. The number of ether oxygens (including phenoxy) is 1. The molecule has 11 nitrogen and oxygen atoms in total. The van der Waals surface area contributed by atoms with Crippen LogP contribution in [-0.2, 0) is 26.2 Å². The van der Waals surface area contributed by atoms with Crippen LogP contribution in [0.1, 0.15) is 24.1 Å². The highest BCUT2D eigenvalue weighted by Gasteiger charge is 2.43. The second kappa shape index (κ2) is 10.9. The van der Waals surface area contributed by atoms with Gasteiger partial charge in [0.25, 0.3) is 15.9 Å². The molecule has 0 fully saturated rings. The topological polar surface area (TPSA) is 142 Å². The fraction of sp³-hybridized carbons (Fsp3) is 0.222. The molecule has 0 spiro atoms. The zero-order valence-corrected chi connectivity index (χ0v) is 23.0. The molecule has 2 aromatic carbocycles. The number of rotatable bonds is 8. The Balaban J connectivity index is 1.54. The number of aromatic nitrogens is 1. The molecule has 218 valence electrons. The highest BCUT2D eigenvalue weighted by molar-refractivity contribution is 7.92. The quantitative estimate of drug-likeness (QED) is 0.390. The Bertz CT molecular complexity index is 1760. The molecular formula is C27H23F3N6O5S. The maximum atomic E-state index is 13.6. The predicted octanol–water partition coefficient (Wildman–Crippen LogP) is 4.49. The van der Waals surface area contributed by atoms with Gasteiger partial charge in [-0.15, -0.1) is 0 Å². The van der Waals surface area contributed by atoms with Gasteiger partial charge in [0.05, 0.1) is 36.5 Å². The number of pyridine rings is 1. The largest absolute Gasteiger partial charge is 0.495 e. The monoisotopic (exact) mass is 600 g/mol. The molecule has 5 rings (SSSR count). The third-order valence-electron chi connectivity index (χ3n) is 6.55. The molecule has 1 atom stereocenters. The minimum Gasteiger partial charge on any atom is -0.495 e. The van der Waals surface area contributed by atoms with E-state index in [0.29, 0.717) is 27.2 Å². The van der Waals surface area contributed by atoms with E-state index in [2.05, 4.69) is 25.3 Å². The Hall–Kier alpha value is -4.79. The lowest BCUT2D eigenvalue weighted by Gasteiger charge is -2.33. The van der Waals surface area contributed by atoms with E-state index in [4.69, 9.17) is 4.74 Å². The summed E-state index contributed by atoms with van der Waals surface area (Å²) in [7, 11) is -2.99. The molecule has 0 bridgehead atoms. The van der Waals surface area contributed by atoms with Crippen molar-refractivity contribution in [2.75, 3.05) is 23.3 Å². The molecule has 0 saturated carbocycles. The number of carbonyl (C=O) groups excluding carboxylic acids is 2. The molecule has 3 aromatic rings. The molecule has 0 aliphatic carbocycles. The molecule has 15 heteroatoms. The average molecular weight is 601 g/mol. The van der Waals surface area contributed by atoms with E-state index < -0.39 is 34.7 Å². The molecule has 2 aliphatic heterocycles. The Morgan fingerprint density at radius 2 is 1.93 bits per heavy atom. The summed E-state index contributed by atoms with van der Waals surface area (Å²) in [5, 5.41) is 10.3. The fourth-order valence-corrected chi connectivity index (χ4v) is 5.95. The van der Waals surface area contributed by atoms with Crippen molar-refractivity contribution < 1.29 is 35.9 Å². The van der Waals surface area contributed by atoms with E-state index in [1.165, 1.54) is 56.8 Å². The number of sulfonamides is 1. The minimum atomic E-state index is -4.69. The van der Waals surface area contributed by atoms with Gasteiger partial charge >= 0.3 is 6.18 Å². The minimum absolute atomic E-state index is 0.0178. The van der Waals surface area contributed by atoms with Gasteiger partial charge in [-0.1, -0.05) is 18.2 Å². The summed E-state index contributed by atoms with van der Waals surface area (Å²) in [5.41, 5.74) is 1.51. The van der Waals surface area contributed by atoms with Crippen LogP contribution in [0.5, 0.6) is 5.75 Å². The number of hydrogen-bond acceptors (Lipinski definition) is 8. The first-order chi connectivity index (χ1) is 19.9. The van der Waals surface area contributed by atoms with E-state index in [1.54, 1.807) is 12.1 Å². The summed E-state index contributed by atoms with van der Waals surface area (Å²) in [6.45, 7) is -0.115. The lowest BCUT2D eigenvalue weighted by molar-refractivity contribution is -0.130. The number of alkyl halides is 3. The van der Waals surface area contributed by atoms with Crippen LogP contribution in [-0.4, -0.2) is 45.0 Å². The van der Waals surface area contributed by atoms with Gasteiger partial charge in [0, 0.05) is 30.8 Å². The molecule has 0 radical (unpaired) electrons. The third-order valence-corrected chi connectivity index (χ3v) is 7.94. The number of nitrogens with zero attached hydrogens (tertiary/aromatic N) is 4. The van der Waals surface area contributed by atoms with Crippen molar-refractivity contribution in [3.63, 3.8) is 0 Å². The van der Waals surface area contributed by atoms with Crippen molar-refractivity contribution in [3.8, 4) is 16.9 Å². The summed E-state index contributed by atoms with van der Waals surface area (Å²) in [4.78, 5) is 28.7. The number of halogens is 3. The molecule has 3 heterocycles. The predicted molar refractivity (Wildman–Crippen MR) is 145 cm³/mol. The number of anilines is 2. The summed E-state index contributed by atoms with van der Waals surface area (Å²) < 4.78 is 75.3. The molecule has 2 aliphatic rings. The molecule has 0 saturated heterocycles. The third kappa shape index (κ3) is 5.68. The molecule has 2 amide bonds. The number of amides is 2. The van der Waals surface area contributed by atoms with Crippen molar-refractivity contribution in [1.82, 2.24) is 10.3 Å². The summed E-state index contributed by atoms with van der Waals surface area (Å²) in [6, 6.07) is 9.58. The first kappa shape index (κ1) is 28.7. The van der Waals surface area contributed by atoms with Crippen molar-refractivity contribution in [2.45, 2.75) is 30.6 Å². The van der Waals surface area contributed by atoms with Crippen LogP contribution in [0.4, 0.5) is 24.5 Å². The van der Waals surface area contributed by atoms with Gasteiger partial charge < -0.3 is 10.1 Å². The lowest BCUT2D eigenvalue weighted by Crippen LogP contribution is -2.43. The van der Waals surface area contributed by atoms with Crippen LogP contribution in [0.2, 0.25) is 0 Å². The van der Waals surface area contributed by atoms with Crippen LogP contribution in [0.3, 0.4) is 0 Å². The Morgan fingerprint density at radius 1 is 1.14 bits per heavy atom. The SMILES string of the molecule is COc1ccc(CNC(C)=O)cc1S(=O)(=O)Nc1cnccc1-c1ccc2c(c1)N(CC(F)(F)F)C(=O)C1=CN=NC12. The van der Waals surface area contributed by atoms with Gasteiger partial charge in [0.2, 0.25) is 5.91 Å². The van der Waals surface area contributed by atoms with Crippen LogP contribution >= 0.6 is 0 Å². The summed E-state index contributed by atoms with van der Waals surface area (Å²) in [6.07, 6.45) is -0.882. The smallest absolute Gasteiger partial charge is 0.406 e. The van der Waals surface area contributed by atoms with Gasteiger partial charge in [-0.05, 0) is 35.4 Å². The van der Waals surface area contributed by atoms with Gasteiger partial charge in [0.15, 0.2) is 0 Å². The number of fused-ring (bicyclic) bond motifs is 3. The molecule has 2 N–H and O–H groups in total. The van der Waals surface area contributed by atoms with Crippen LogP contribution in [0.25, 0.3) is 11.1 Å². The number of nitrogens with one attached hydrogen (secondary N) is 2. The normalized spacial score (nSPS) is 16.0. The van der Waals surface area contributed by atoms with Gasteiger partial charge in [-0.2, -0.15) is 23.4 Å². The van der Waals surface area contributed by atoms with E-state index in [0.717, 1.165) is 6.20 Å². The first-order valence-electron chi connectivity index (χ1n) is 12.4. The van der Waals surface area contributed by atoms with Gasteiger partial charge in [-0.3, -0.25) is 24.2 Å². The number of hydrogen-bond donors (Lipinski definition) is 2. The molecule has 1 aromatic heterocycles. The Labute approximate surface area is 238 Å². The van der Waals surface area contributed by atoms with Crippen molar-refractivity contribution >= 4 is 33.2 Å². The van der Waals surface area contributed by atoms with Gasteiger partial charge in [0.1, 0.15) is 23.2 Å². The van der Waals surface area contributed by atoms with Crippen molar-refractivity contribution in [2.24, 2.45) is 10.2 Å². The highest BCUT2D eigenvalue weighted by atomic mass is 32.2. The van der Waals surface area contributed by atoms with Crippen LogP contribution in [0.15, 0.2) is 81.8 Å². The maximum Gasteiger partial charge on any atom is 0.406 e. The molecule has 42 heavy (non-hydrogen) atoms. The average Bonchev–Trinajstić information content (AvgIpc) is 3.44. The van der Waals surface area contributed by atoms with E-state index in [1.807, 2.05) is 0 Å². The van der Waals surface area contributed by atoms with Crippen LogP contribution < -0.4 is 19.7 Å². The fourth-order valence-electron chi connectivity index (χ4n) is 4.67. The van der Waals surface area contributed by atoms with Crippen molar-refractivity contribution in [3.05, 3.63) is 77.8 Å². The van der Waals surface area contributed by atoms with Crippen molar-refractivity contribution in [1.29, 1.82) is 0 Å². The zero-order chi connectivity index (χ0) is 30.2. The number of azo groups is 1. The lowest BCUT2D eigenvalue weighted by atomic mass is 9.90. The second-order valence-corrected chi connectivity index (χ2v) is 11.1. The number of methoxy groups -OCH3 is 1. The zero-order valence-electron chi connectivity index (χ0n) is 22.1. The van der Waals surface area contributed by atoms with Gasteiger partial charge in [-0.25, -0.2) is 8.42 Å². The molecular weight excluding hydrogens is 577 g/mol. The molecule has 1 unspecified atom stereocenters.